The average Bonchev–Trinajstić information content (AvgIpc) is 2.68. The maximum atomic E-state index is 12.0. The number of carboxylic acid groups (broad SMARTS) is 1. The Kier molecular flexibility index (Phi) is 3.51. The van der Waals surface area contributed by atoms with Crippen LogP contribution in [0.5, 0.6) is 0 Å². The Morgan fingerprint density at radius 2 is 2.14 bits per heavy atom. The summed E-state index contributed by atoms with van der Waals surface area (Å²) in [7, 11) is 0. The van der Waals surface area contributed by atoms with Gasteiger partial charge in [-0.05, 0) is 24.5 Å². The van der Waals surface area contributed by atoms with E-state index in [0.29, 0.717) is 13.1 Å². The van der Waals surface area contributed by atoms with Crippen LogP contribution < -0.4 is 10.4 Å². The molecule has 0 bridgehead atoms. The Balaban J connectivity index is 1.82. The smallest absolute Gasteiger partial charge is 0.318 e. The summed E-state index contributed by atoms with van der Waals surface area (Å²) < 4.78 is 0. The number of hydrogen-bond acceptors (Lipinski definition) is 3. The van der Waals surface area contributed by atoms with E-state index in [-0.39, 0.29) is 6.03 Å². The third-order valence-electron chi connectivity index (χ3n) is 3.78. The first kappa shape index (κ1) is 13.5. The summed E-state index contributed by atoms with van der Waals surface area (Å²) in [6.07, 6.45) is 1.76. The average molecular weight is 286 g/mol. The first-order chi connectivity index (χ1) is 10.1. The topological polar surface area (TPSA) is 88.3 Å². The van der Waals surface area contributed by atoms with Crippen molar-refractivity contribution in [3.63, 3.8) is 0 Å². The summed E-state index contributed by atoms with van der Waals surface area (Å²) in [4.78, 5) is 27.4. The number of aryl methyl sites for hydroxylation is 1. The molecule has 0 radical (unpaired) electrons. The molecule has 21 heavy (non-hydrogen) atoms. The van der Waals surface area contributed by atoms with E-state index in [9.17, 15) is 14.7 Å². The highest BCUT2D eigenvalue weighted by Gasteiger charge is 2.21. The molecule has 0 saturated heterocycles. The SMILES string of the molecule is O=C([O-])CNC(=O)N1CCCc2c([nH]c3ccccc23)C1. The number of rotatable bonds is 2. The molecule has 2 amide bonds. The third kappa shape index (κ3) is 2.69. The van der Waals surface area contributed by atoms with Crippen LogP contribution >= 0.6 is 0 Å². The van der Waals surface area contributed by atoms with Crippen molar-refractivity contribution in [1.82, 2.24) is 15.2 Å². The molecule has 2 aromatic rings. The molecule has 2 N–H and O–H groups in total. The molecule has 110 valence electrons. The summed E-state index contributed by atoms with van der Waals surface area (Å²) in [5.41, 5.74) is 3.34. The number of carbonyl (C=O) groups is 2. The summed E-state index contributed by atoms with van der Waals surface area (Å²) in [5, 5.41) is 14.0. The predicted molar refractivity (Wildman–Crippen MR) is 75.4 cm³/mol. The molecular formula is C15H16N3O3-. The van der Waals surface area contributed by atoms with Crippen LogP contribution in [0.3, 0.4) is 0 Å². The molecule has 6 nitrogen and oxygen atoms in total. The first-order valence-electron chi connectivity index (χ1n) is 6.96. The number of carbonyl (C=O) groups excluding carboxylic acids is 2. The summed E-state index contributed by atoms with van der Waals surface area (Å²) in [5.74, 6) is -1.29. The van der Waals surface area contributed by atoms with Crippen LogP contribution in [0.1, 0.15) is 17.7 Å². The number of para-hydroxylation sites is 1. The molecule has 3 rings (SSSR count). The number of aliphatic carboxylic acids is 1. The summed E-state index contributed by atoms with van der Waals surface area (Å²) in [6.45, 7) is 0.605. The Hall–Kier alpha value is -2.50. The Labute approximate surface area is 121 Å². The molecule has 0 unspecified atom stereocenters. The Morgan fingerprint density at radius 1 is 1.33 bits per heavy atom. The van der Waals surface area contributed by atoms with Gasteiger partial charge >= 0.3 is 6.03 Å². The molecular weight excluding hydrogens is 270 g/mol. The van der Waals surface area contributed by atoms with Gasteiger partial charge in [0, 0.05) is 23.1 Å². The predicted octanol–water partition coefficient (Wildman–Crippen LogP) is 0.376. The molecule has 0 atom stereocenters. The number of carboxylic acids is 1. The number of hydrogen-bond donors (Lipinski definition) is 2. The van der Waals surface area contributed by atoms with Crippen LogP contribution in [0.4, 0.5) is 4.79 Å². The van der Waals surface area contributed by atoms with Gasteiger partial charge in [0.05, 0.1) is 19.1 Å². The van der Waals surface area contributed by atoms with Gasteiger partial charge in [0.25, 0.3) is 0 Å². The van der Waals surface area contributed by atoms with Crippen molar-refractivity contribution < 1.29 is 14.7 Å². The lowest BCUT2D eigenvalue weighted by Gasteiger charge is -2.21. The molecule has 2 heterocycles. The maximum absolute atomic E-state index is 12.0. The minimum atomic E-state index is -1.29. The fraction of sp³-hybridized carbons (Fsp3) is 0.333. The van der Waals surface area contributed by atoms with Crippen molar-refractivity contribution in [3.05, 3.63) is 35.5 Å². The van der Waals surface area contributed by atoms with Gasteiger partial charge < -0.3 is 25.1 Å². The Morgan fingerprint density at radius 3 is 2.95 bits per heavy atom. The van der Waals surface area contributed by atoms with Crippen LogP contribution in [0, 0.1) is 0 Å². The number of benzene rings is 1. The van der Waals surface area contributed by atoms with E-state index in [1.165, 1.54) is 10.9 Å². The minimum Gasteiger partial charge on any atom is -0.548 e. The van der Waals surface area contributed by atoms with E-state index in [0.717, 1.165) is 24.1 Å². The van der Waals surface area contributed by atoms with Crippen LogP contribution in [-0.2, 0) is 17.8 Å². The van der Waals surface area contributed by atoms with Crippen LogP contribution in [0.2, 0.25) is 0 Å². The van der Waals surface area contributed by atoms with E-state index in [1.807, 2.05) is 18.2 Å². The van der Waals surface area contributed by atoms with Crippen molar-refractivity contribution in [3.8, 4) is 0 Å². The van der Waals surface area contributed by atoms with Crippen molar-refractivity contribution in [2.45, 2.75) is 19.4 Å². The van der Waals surface area contributed by atoms with E-state index >= 15 is 0 Å². The number of aromatic nitrogens is 1. The monoisotopic (exact) mass is 286 g/mol. The van der Waals surface area contributed by atoms with Crippen molar-refractivity contribution in [2.24, 2.45) is 0 Å². The van der Waals surface area contributed by atoms with Gasteiger partial charge in [-0.3, -0.25) is 0 Å². The zero-order valence-electron chi connectivity index (χ0n) is 11.5. The molecule has 1 aromatic heterocycles. The molecule has 0 fully saturated rings. The van der Waals surface area contributed by atoms with Crippen LogP contribution in [0.15, 0.2) is 24.3 Å². The summed E-state index contributed by atoms with van der Waals surface area (Å²) >= 11 is 0. The molecule has 6 heteroatoms. The standard InChI is InChI=1S/C15H17N3O3/c19-14(20)8-16-15(21)18-7-3-5-11-10-4-1-2-6-12(10)17-13(11)9-18/h1-2,4,6,17H,3,5,7-9H2,(H,16,21)(H,19,20)/p-1. The van der Waals surface area contributed by atoms with Gasteiger partial charge in [-0.25, -0.2) is 4.79 Å². The number of fused-ring (bicyclic) bond motifs is 3. The van der Waals surface area contributed by atoms with Crippen LogP contribution in [0.25, 0.3) is 10.9 Å². The highest BCUT2D eigenvalue weighted by molar-refractivity contribution is 5.85. The number of urea groups is 1. The number of aromatic amines is 1. The van der Waals surface area contributed by atoms with Gasteiger partial charge in [-0.15, -0.1) is 0 Å². The number of amides is 2. The molecule has 1 aromatic carbocycles. The van der Waals surface area contributed by atoms with Crippen LogP contribution in [-0.4, -0.2) is 35.0 Å². The Bertz CT molecular complexity index is 693. The second-order valence-electron chi connectivity index (χ2n) is 5.18. The first-order valence-corrected chi connectivity index (χ1v) is 6.96. The van der Waals surface area contributed by atoms with Crippen molar-refractivity contribution in [2.75, 3.05) is 13.1 Å². The van der Waals surface area contributed by atoms with Gasteiger partial charge in [-0.1, -0.05) is 18.2 Å². The fourth-order valence-electron chi connectivity index (χ4n) is 2.83. The lowest BCUT2D eigenvalue weighted by atomic mass is 10.1. The van der Waals surface area contributed by atoms with Gasteiger partial charge in [0.2, 0.25) is 0 Å². The quantitative estimate of drug-likeness (QED) is 0.836. The van der Waals surface area contributed by atoms with E-state index in [2.05, 4.69) is 16.4 Å². The molecule has 0 saturated carbocycles. The highest BCUT2D eigenvalue weighted by Crippen LogP contribution is 2.27. The largest absolute Gasteiger partial charge is 0.548 e. The third-order valence-corrected chi connectivity index (χ3v) is 3.78. The zero-order chi connectivity index (χ0) is 14.8. The summed E-state index contributed by atoms with van der Waals surface area (Å²) in [6, 6.07) is 7.71. The fourth-order valence-corrected chi connectivity index (χ4v) is 2.83. The lowest BCUT2D eigenvalue weighted by molar-refractivity contribution is -0.303. The molecule has 1 aliphatic rings. The zero-order valence-corrected chi connectivity index (χ0v) is 11.5. The van der Waals surface area contributed by atoms with E-state index in [4.69, 9.17) is 0 Å². The maximum Gasteiger partial charge on any atom is 0.318 e. The van der Waals surface area contributed by atoms with E-state index in [1.54, 1.807) is 4.90 Å². The molecule has 0 spiro atoms. The van der Waals surface area contributed by atoms with Gasteiger partial charge in [-0.2, -0.15) is 0 Å². The second-order valence-corrected chi connectivity index (χ2v) is 5.18. The van der Waals surface area contributed by atoms with Crippen molar-refractivity contribution in [1.29, 1.82) is 0 Å². The minimum absolute atomic E-state index is 0.370. The number of nitrogens with zero attached hydrogens (tertiary/aromatic N) is 1. The highest BCUT2D eigenvalue weighted by atomic mass is 16.4. The van der Waals surface area contributed by atoms with Crippen molar-refractivity contribution >= 4 is 22.9 Å². The molecule has 1 aliphatic heterocycles. The van der Waals surface area contributed by atoms with Gasteiger partial charge in [0.1, 0.15) is 0 Å². The van der Waals surface area contributed by atoms with E-state index < -0.39 is 12.5 Å². The molecule has 0 aliphatic carbocycles. The lowest BCUT2D eigenvalue weighted by Crippen LogP contribution is -2.44. The number of nitrogens with one attached hydrogen (secondary N) is 2. The second kappa shape index (κ2) is 5.47. The normalized spacial score (nSPS) is 14.6. The van der Waals surface area contributed by atoms with Gasteiger partial charge in [0.15, 0.2) is 0 Å². The number of H-pyrrole nitrogens is 1.